The van der Waals surface area contributed by atoms with Gasteiger partial charge in [0.05, 0.1) is 22.5 Å². The van der Waals surface area contributed by atoms with Gasteiger partial charge in [0, 0.05) is 52.2 Å². The molecule has 0 saturated heterocycles. The van der Waals surface area contributed by atoms with Crippen molar-refractivity contribution in [3.63, 3.8) is 0 Å². The molecule has 6 aromatic rings. The summed E-state index contributed by atoms with van der Waals surface area (Å²) in [6.45, 7) is 7.72. The Hall–Kier alpha value is -6.52. The van der Waals surface area contributed by atoms with Crippen molar-refractivity contribution in [2.24, 2.45) is 0 Å². The van der Waals surface area contributed by atoms with Crippen molar-refractivity contribution in [2.45, 2.75) is 82.5 Å². The second-order valence-electron chi connectivity index (χ2n) is 15.7. The molecule has 0 unspecified atom stereocenters. The van der Waals surface area contributed by atoms with Crippen LogP contribution in [0.2, 0.25) is 0 Å². The van der Waals surface area contributed by atoms with Crippen LogP contribution >= 0.6 is 23.5 Å². The van der Waals surface area contributed by atoms with E-state index in [0.29, 0.717) is 57.8 Å². The maximum Gasteiger partial charge on any atom is 0.233 e. The van der Waals surface area contributed by atoms with Crippen molar-refractivity contribution in [1.82, 2.24) is 29.9 Å². The summed E-state index contributed by atoms with van der Waals surface area (Å²) >= 11 is 2.89. The third-order valence-corrected chi connectivity index (χ3v) is 12.7. The normalized spacial score (nSPS) is 12.6. The predicted octanol–water partition coefficient (Wildman–Crippen LogP) is 10.6. The summed E-state index contributed by atoms with van der Waals surface area (Å²) in [5.74, 6) is 0.417. The number of aromatic nitrogens is 6. The number of nitrogens with zero attached hydrogens (tertiary/aromatic N) is 6. The molecule has 0 amide bonds. The van der Waals surface area contributed by atoms with E-state index >= 15 is 0 Å². The van der Waals surface area contributed by atoms with Crippen LogP contribution in [0.3, 0.4) is 0 Å². The zero-order valence-corrected chi connectivity index (χ0v) is 38.5. The molecule has 332 valence electrons. The first-order chi connectivity index (χ1) is 31.7. The number of hydrogen-bond donors (Lipinski definition) is 4. The van der Waals surface area contributed by atoms with E-state index in [2.05, 4.69) is 67.0 Å². The zero-order chi connectivity index (χ0) is 45.5. The molecule has 2 aliphatic carbocycles. The van der Waals surface area contributed by atoms with Gasteiger partial charge in [-0.05, 0) is 48.8 Å². The minimum atomic E-state index is -0.407. The maximum atomic E-state index is 14.9. The van der Waals surface area contributed by atoms with Crippen LogP contribution in [0.1, 0.15) is 136 Å². The number of ketones is 4. The lowest BCUT2D eigenvalue weighted by Gasteiger charge is -2.26. The van der Waals surface area contributed by atoms with E-state index < -0.39 is 17.3 Å². The van der Waals surface area contributed by atoms with E-state index in [-0.39, 0.29) is 62.2 Å². The lowest BCUT2D eigenvalue weighted by molar-refractivity contribution is 0.0978. The van der Waals surface area contributed by atoms with Crippen LogP contribution in [-0.4, -0.2) is 78.1 Å². The van der Waals surface area contributed by atoms with E-state index in [9.17, 15) is 19.2 Å². The number of carbonyl (C=O) groups is 4. The Kier molecular flexibility index (Phi) is 14.2. The van der Waals surface area contributed by atoms with Gasteiger partial charge < -0.3 is 21.3 Å². The van der Waals surface area contributed by atoms with E-state index in [1.807, 2.05) is 6.26 Å². The number of unbranched alkanes of at least 4 members (excludes halogenated alkanes) is 5. The Morgan fingerprint density at radius 2 is 0.846 bits per heavy atom. The molecule has 2 aliphatic rings. The van der Waals surface area contributed by atoms with Crippen molar-refractivity contribution in [1.29, 1.82) is 0 Å². The second-order valence-corrected chi connectivity index (χ2v) is 17.5. The molecular formula is C49H50N10O4S2. The minimum Gasteiger partial charge on any atom is -0.354 e. The van der Waals surface area contributed by atoms with Gasteiger partial charge >= 0.3 is 0 Å². The molecule has 4 N–H and O–H groups in total. The Morgan fingerprint density at radius 3 is 1.29 bits per heavy atom. The van der Waals surface area contributed by atoms with Crippen LogP contribution in [-0.2, 0) is 0 Å². The fraction of sp³-hybridized carbons (Fsp3) is 0.306. The average Bonchev–Trinajstić information content (AvgIpc) is 3.32. The quantitative estimate of drug-likeness (QED) is 0.0416. The summed E-state index contributed by atoms with van der Waals surface area (Å²) in [5.41, 5.74) is 2.56. The lowest BCUT2D eigenvalue weighted by atomic mass is 9.75. The molecule has 16 heteroatoms. The summed E-state index contributed by atoms with van der Waals surface area (Å²) in [6, 6.07) is 20.2. The molecule has 0 radical (unpaired) electrons. The molecular weight excluding hydrogens is 857 g/mol. The number of nitrogens with one attached hydrogen (secondary N) is 4. The molecule has 0 atom stereocenters. The van der Waals surface area contributed by atoms with E-state index in [1.54, 1.807) is 84.6 Å². The number of fused-ring (bicyclic) bond motifs is 4. The van der Waals surface area contributed by atoms with Gasteiger partial charge in [-0.25, -0.2) is 0 Å². The molecule has 8 rings (SSSR count). The number of benzene rings is 4. The van der Waals surface area contributed by atoms with Crippen molar-refractivity contribution in [2.75, 3.05) is 46.4 Å². The van der Waals surface area contributed by atoms with Crippen LogP contribution in [0.25, 0.3) is 11.1 Å². The first-order valence-electron chi connectivity index (χ1n) is 22.2. The van der Waals surface area contributed by atoms with Crippen molar-refractivity contribution in [3.8, 4) is 11.1 Å². The van der Waals surface area contributed by atoms with Crippen molar-refractivity contribution < 1.29 is 19.2 Å². The number of hydrogen-bond acceptors (Lipinski definition) is 16. The fourth-order valence-corrected chi connectivity index (χ4v) is 9.12. The topological polar surface area (TPSA) is 194 Å². The van der Waals surface area contributed by atoms with Crippen LogP contribution in [0, 0.1) is 0 Å². The molecule has 0 saturated carbocycles. The number of rotatable bonds is 20. The lowest BCUT2D eigenvalue weighted by Crippen LogP contribution is -2.25. The smallest absolute Gasteiger partial charge is 0.233 e. The monoisotopic (exact) mass is 906 g/mol. The number of anilines is 6. The zero-order valence-electron chi connectivity index (χ0n) is 36.8. The van der Waals surface area contributed by atoms with E-state index in [4.69, 9.17) is 4.98 Å². The molecule has 2 heterocycles. The van der Waals surface area contributed by atoms with E-state index in [0.717, 1.165) is 57.1 Å². The van der Waals surface area contributed by atoms with Crippen LogP contribution in [0.4, 0.5) is 35.2 Å². The predicted molar refractivity (Wildman–Crippen MR) is 258 cm³/mol. The highest BCUT2D eigenvalue weighted by Crippen LogP contribution is 2.44. The summed E-state index contributed by atoms with van der Waals surface area (Å²) in [5, 5.41) is 14.1. The third kappa shape index (κ3) is 9.50. The Labute approximate surface area is 386 Å². The van der Waals surface area contributed by atoms with Gasteiger partial charge in [-0.2, -0.15) is 29.9 Å². The van der Waals surface area contributed by atoms with Crippen molar-refractivity contribution in [3.05, 3.63) is 117 Å². The molecule has 0 aliphatic heterocycles. The van der Waals surface area contributed by atoms with Gasteiger partial charge in [-0.3, -0.25) is 19.2 Å². The van der Waals surface area contributed by atoms with E-state index in [1.165, 1.54) is 11.8 Å². The molecule has 0 spiro atoms. The summed E-state index contributed by atoms with van der Waals surface area (Å²) in [6.07, 6.45) is 10.1. The highest BCUT2D eigenvalue weighted by atomic mass is 32.2. The summed E-state index contributed by atoms with van der Waals surface area (Å²) < 4.78 is 0. The highest BCUT2D eigenvalue weighted by molar-refractivity contribution is 7.99. The SMILES string of the molecule is CCCCCCSc1nc(NCCCC)nc(Nc2ccc(-c3ccc(Nc4nc(NCCCC)nc(SC)n4)c4c3C(=O)c3ccccc3C4=O)c3c2C(=O)c2ccccc2C3=O)n1. The largest absolute Gasteiger partial charge is 0.354 e. The van der Waals surface area contributed by atoms with Crippen LogP contribution in [0.5, 0.6) is 0 Å². The van der Waals surface area contributed by atoms with Crippen LogP contribution < -0.4 is 21.3 Å². The Balaban J connectivity index is 1.27. The second kappa shape index (κ2) is 20.5. The summed E-state index contributed by atoms with van der Waals surface area (Å²) in [4.78, 5) is 86.9. The van der Waals surface area contributed by atoms with Gasteiger partial charge in [0.15, 0.2) is 33.4 Å². The summed E-state index contributed by atoms with van der Waals surface area (Å²) in [7, 11) is 0. The molecule has 0 fully saturated rings. The highest BCUT2D eigenvalue weighted by Gasteiger charge is 2.38. The number of thioether (sulfide) groups is 2. The third-order valence-electron chi connectivity index (χ3n) is 11.2. The van der Waals surface area contributed by atoms with Gasteiger partial charge in [-0.15, -0.1) is 0 Å². The standard InChI is InChI=1S/C49H50N10O4S2/c1-5-8-11-16-27-65-49-57-45(51-26-10-7-3)55-47(59-49)53-35-24-22-29(37-39(35)43(63)33-20-15-13-18-31(33)41(37)61)28-21-23-34(38-36(28)40(60)30-17-12-14-19-32(30)42(38)62)52-46-54-44(50-25-9-6-2)56-48(58-46)64-4/h12-15,17-24H,5-11,16,25-27H2,1-4H3,(H2,50,52,54,56,58)(H2,51,53,55,57,59). The molecule has 0 bridgehead atoms. The molecule has 14 nitrogen and oxygen atoms in total. The van der Waals surface area contributed by atoms with Gasteiger partial charge in [0.1, 0.15) is 0 Å². The van der Waals surface area contributed by atoms with Gasteiger partial charge in [0.25, 0.3) is 0 Å². The van der Waals surface area contributed by atoms with Crippen LogP contribution in [0.15, 0.2) is 83.1 Å². The Morgan fingerprint density at radius 1 is 0.431 bits per heavy atom. The van der Waals surface area contributed by atoms with Gasteiger partial charge in [-0.1, -0.05) is 137 Å². The molecule has 65 heavy (non-hydrogen) atoms. The fourth-order valence-electron chi connectivity index (χ4n) is 7.93. The minimum absolute atomic E-state index is 0.0852. The Bertz CT molecular complexity index is 2820. The first-order valence-corrected chi connectivity index (χ1v) is 24.4. The first kappa shape index (κ1) is 45.1. The maximum absolute atomic E-state index is 14.9. The van der Waals surface area contributed by atoms with Crippen molar-refractivity contribution >= 4 is 81.8 Å². The van der Waals surface area contributed by atoms with Gasteiger partial charge in [0.2, 0.25) is 23.8 Å². The molecule has 2 aromatic heterocycles. The average molecular weight is 907 g/mol. The number of carbonyl (C=O) groups excluding carboxylic acids is 4. The molecule has 4 aromatic carbocycles.